The molecule has 0 aliphatic carbocycles. The molecule has 0 saturated heterocycles. The Bertz CT molecular complexity index is 294. The van der Waals surface area contributed by atoms with Gasteiger partial charge in [-0.05, 0) is 0 Å². The summed E-state index contributed by atoms with van der Waals surface area (Å²) in [6, 6.07) is 3.89. The Morgan fingerprint density at radius 1 is 1.45 bits per heavy atom. The van der Waals surface area contributed by atoms with E-state index in [4.69, 9.17) is 0 Å². The van der Waals surface area contributed by atoms with Crippen molar-refractivity contribution >= 4 is 19.4 Å². The fraction of sp³-hybridized carbons (Fsp3) is 0.333. The molecule has 0 bridgehead atoms. The van der Waals surface area contributed by atoms with E-state index < -0.39 is 0 Å². The van der Waals surface area contributed by atoms with Crippen molar-refractivity contribution in [1.82, 2.24) is 0 Å². The Balaban J connectivity index is 2.62. The van der Waals surface area contributed by atoms with E-state index in [2.05, 4.69) is 6.07 Å². The number of aromatic hydroxyl groups is 1. The third-order valence-corrected chi connectivity index (χ3v) is 4.45. The summed E-state index contributed by atoms with van der Waals surface area (Å²) in [6.07, 6.45) is 1.18. The van der Waals surface area contributed by atoms with Crippen LogP contribution in [-0.4, -0.2) is 20.1 Å². The molecule has 1 heterocycles. The Hall–Kier alpha value is -0.461. The van der Waals surface area contributed by atoms with Crippen LogP contribution in [0, 0.1) is 6.92 Å². The molecule has 2 rings (SSSR count). The summed E-state index contributed by atoms with van der Waals surface area (Å²) in [4.78, 5) is 0. The van der Waals surface area contributed by atoms with Gasteiger partial charge in [-0.3, -0.25) is 0 Å². The van der Waals surface area contributed by atoms with Gasteiger partial charge in [0.2, 0.25) is 0 Å². The molecule has 1 aromatic carbocycles. The van der Waals surface area contributed by atoms with Gasteiger partial charge in [-0.2, -0.15) is 0 Å². The predicted molar refractivity (Wildman–Crippen MR) is 46.7 cm³/mol. The predicted octanol–water partition coefficient (Wildman–Crippen LogP) is 1.00. The molecular weight excluding hydrogens is 203 g/mol. The molecule has 0 spiro atoms. The van der Waals surface area contributed by atoms with Gasteiger partial charge >= 0.3 is 72.2 Å². The number of benzene rings is 1. The van der Waals surface area contributed by atoms with E-state index in [1.807, 2.05) is 13.0 Å². The van der Waals surface area contributed by atoms with Gasteiger partial charge in [0.15, 0.2) is 0 Å². The van der Waals surface area contributed by atoms with Crippen LogP contribution in [0.2, 0.25) is 5.32 Å². The fourth-order valence-electron chi connectivity index (χ4n) is 1.43. The first kappa shape index (κ1) is 7.20. The SMILES string of the molecule is Cc1c(O)ccc2c1CC[Se]2. The summed E-state index contributed by atoms with van der Waals surface area (Å²) in [5.41, 5.74) is 2.51. The van der Waals surface area contributed by atoms with E-state index in [1.165, 1.54) is 21.8 Å². The molecule has 0 radical (unpaired) electrons. The second kappa shape index (κ2) is 2.54. The zero-order valence-corrected chi connectivity index (χ0v) is 8.14. The molecule has 1 nitrogen and oxygen atoms in total. The van der Waals surface area contributed by atoms with E-state index in [9.17, 15) is 5.11 Å². The monoisotopic (exact) mass is 214 g/mol. The van der Waals surface area contributed by atoms with Crippen LogP contribution >= 0.6 is 0 Å². The summed E-state index contributed by atoms with van der Waals surface area (Å²) in [5, 5.41) is 10.7. The number of phenols is 1. The van der Waals surface area contributed by atoms with Crippen molar-refractivity contribution in [2.24, 2.45) is 0 Å². The number of phenolic OH excluding ortho intramolecular Hbond substituents is 1. The third-order valence-electron chi connectivity index (χ3n) is 2.14. The Morgan fingerprint density at radius 2 is 2.27 bits per heavy atom. The molecule has 11 heavy (non-hydrogen) atoms. The molecule has 0 atom stereocenters. The first-order valence-electron chi connectivity index (χ1n) is 3.73. The first-order valence-corrected chi connectivity index (χ1v) is 5.80. The Kier molecular flexibility index (Phi) is 1.67. The summed E-state index contributed by atoms with van der Waals surface area (Å²) in [6.45, 7) is 2.01. The van der Waals surface area contributed by atoms with E-state index in [0.717, 1.165) is 5.56 Å². The van der Waals surface area contributed by atoms with Crippen molar-refractivity contribution in [2.45, 2.75) is 18.7 Å². The van der Waals surface area contributed by atoms with E-state index in [0.29, 0.717) is 20.7 Å². The molecule has 0 unspecified atom stereocenters. The molecule has 1 aliphatic heterocycles. The van der Waals surface area contributed by atoms with Gasteiger partial charge in [0.05, 0.1) is 0 Å². The minimum atomic E-state index is 0.460. The van der Waals surface area contributed by atoms with Gasteiger partial charge < -0.3 is 0 Å². The van der Waals surface area contributed by atoms with Crippen LogP contribution in [0.25, 0.3) is 0 Å². The molecule has 2 heteroatoms. The maximum atomic E-state index is 9.39. The molecule has 58 valence electrons. The van der Waals surface area contributed by atoms with E-state index in [-0.39, 0.29) is 0 Å². The van der Waals surface area contributed by atoms with Gasteiger partial charge in [-0.1, -0.05) is 0 Å². The number of rotatable bonds is 0. The minimum absolute atomic E-state index is 0.460. The van der Waals surface area contributed by atoms with Gasteiger partial charge in [0.1, 0.15) is 0 Å². The van der Waals surface area contributed by atoms with Crippen molar-refractivity contribution in [1.29, 1.82) is 0 Å². The standard InChI is InChI=1S/C9H10OSe/c1-6-7-4-5-11-9(7)3-2-8(6)10/h2-3,10H,4-5H2,1H3. The van der Waals surface area contributed by atoms with Gasteiger partial charge in [0.25, 0.3) is 0 Å². The van der Waals surface area contributed by atoms with Crippen molar-refractivity contribution in [3.8, 4) is 5.75 Å². The molecule has 1 aromatic rings. The second-order valence-electron chi connectivity index (χ2n) is 2.78. The average Bonchev–Trinajstić information content (AvgIpc) is 2.45. The molecule has 0 amide bonds. The van der Waals surface area contributed by atoms with Crippen molar-refractivity contribution < 1.29 is 5.11 Å². The normalized spacial score (nSPS) is 15.0. The van der Waals surface area contributed by atoms with Crippen LogP contribution in [0.4, 0.5) is 0 Å². The van der Waals surface area contributed by atoms with Crippen LogP contribution in [0.1, 0.15) is 11.1 Å². The zero-order chi connectivity index (χ0) is 7.84. The zero-order valence-electron chi connectivity index (χ0n) is 6.42. The van der Waals surface area contributed by atoms with Crippen LogP contribution < -0.4 is 4.46 Å². The van der Waals surface area contributed by atoms with Gasteiger partial charge in [-0.15, -0.1) is 0 Å². The topological polar surface area (TPSA) is 20.2 Å². The van der Waals surface area contributed by atoms with E-state index in [1.54, 1.807) is 0 Å². The molecule has 1 aliphatic rings. The average molecular weight is 213 g/mol. The van der Waals surface area contributed by atoms with Crippen LogP contribution in [0.5, 0.6) is 5.75 Å². The van der Waals surface area contributed by atoms with Crippen LogP contribution in [0.3, 0.4) is 0 Å². The van der Waals surface area contributed by atoms with Crippen molar-refractivity contribution in [3.63, 3.8) is 0 Å². The second-order valence-corrected chi connectivity index (χ2v) is 5.17. The Labute approximate surface area is 72.6 Å². The fourth-order valence-corrected chi connectivity index (χ4v) is 3.78. The number of fused-ring (bicyclic) bond motifs is 1. The summed E-state index contributed by atoms with van der Waals surface area (Å²) >= 11 is 0.674. The van der Waals surface area contributed by atoms with Crippen LogP contribution in [-0.2, 0) is 6.42 Å². The van der Waals surface area contributed by atoms with Gasteiger partial charge in [0, 0.05) is 0 Å². The van der Waals surface area contributed by atoms with Crippen molar-refractivity contribution in [3.05, 3.63) is 23.3 Å². The quantitative estimate of drug-likeness (QED) is 0.637. The molecule has 0 aromatic heterocycles. The van der Waals surface area contributed by atoms with Crippen molar-refractivity contribution in [2.75, 3.05) is 0 Å². The van der Waals surface area contributed by atoms with Crippen LogP contribution in [0.15, 0.2) is 12.1 Å². The summed E-state index contributed by atoms with van der Waals surface area (Å²) < 4.78 is 1.49. The molecule has 0 saturated carbocycles. The van der Waals surface area contributed by atoms with Gasteiger partial charge in [-0.25, -0.2) is 0 Å². The first-order chi connectivity index (χ1) is 5.29. The third kappa shape index (κ3) is 1.07. The maximum absolute atomic E-state index is 9.39. The molecular formula is C9H10OSe. The summed E-state index contributed by atoms with van der Waals surface area (Å²) in [5.74, 6) is 0.460. The van der Waals surface area contributed by atoms with E-state index >= 15 is 0 Å². The molecule has 0 fully saturated rings. The Morgan fingerprint density at radius 3 is 3.09 bits per heavy atom. The number of hydrogen-bond acceptors (Lipinski definition) is 1. The summed E-state index contributed by atoms with van der Waals surface area (Å²) in [7, 11) is 0. The molecule has 1 N–H and O–H groups in total. The number of hydrogen-bond donors (Lipinski definition) is 1.